The van der Waals surface area contributed by atoms with Gasteiger partial charge in [-0.05, 0) is 20.8 Å². The third-order valence-corrected chi connectivity index (χ3v) is 2.22. The van der Waals surface area contributed by atoms with E-state index in [0.717, 1.165) is 11.6 Å². The summed E-state index contributed by atoms with van der Waals surface area (Å²) in [6, 6.07) is -0.557. The van der Waals surface area contributed by atoms with E-state index >= 15 is 0 Å². The van der Waals surface area contributed by atoms with Crippen LogP contribution in [0.2, 0.25) is 0 Å². The van der Waals surface area contributed by atoms with Gasteiger partial charge in [-0.3, -0.25) is 0 Å². The van der Waals surface area contributed by atoms with Crippen LogP contribution in [0.1, 0.15) is 31.1 Å². The third-order valence-electron chi connectivity index (χ3n) is 2.22. The van der Waals surface area contributed by atoms with E-state index in [1.54, 1.807) is 0 Å². The van der Waals surface area contributed by atoms with Crippen LogP contribution < -0.4 is 4.74 Å². The maximum atomic E-state index is 12.6. The molecule has 0 atom stereocenters. The molecule has 0 saturated heterocycles. The highest BCUT2D eigenvalue weighted by molar-refractivity contribution is 5.32. The molecule has 0 radical (unpaired) electrons. The van der Waals surface area contributed by atoms with E-state index in [4.69, 9.17) is 0 Å². The Morgan fingerprint density at radius 2 is 1.68 bits per heavy atom. The molecule has 110 valence electrons. The van der Waals surface area contributed by atoms with Crippen LogP contribution in [0.3, 0.4) is 0 Å². The normalized spacial score (nSPS) is 13.2. The number of aromatic nitrogens is 2. The molecule has 0 N–H and O–H groups in total. The molecule has 1 aromatic heterocycles. The topological polar surface area (TPSA) is 27.1 Å². The Kier molecular flexibility index (Phi) is 4.06. The first kappa shape index (κ1) is 15.6. The van der Waals surface area contributed by atoms with Gasteiger partial charge in [0.15, 0.2) is 12.3 Å². The lowest BCUT2D eigenvalue weighted by Crippen LogP contribution is -2.21. The van der Waals surface area contributed by atoms with Gasteiger partial charge in [-0.15, -0.1) is 0 Å². The van der Waals surface area contributed by atoms with Gasteiger partial charge in [-0.1, -0.05) is 0 Å². The van der Waals surface area contributed by atoms with Crippen molar-refractivity contribution >= 4 is 0 Å². The van der Waals surface area contributed by atoms with Crippen LogP contribution in [0, 0.1) is 6.92 Å². The number of alkyl halides is 6. The van der Waals surface area contributed by atoms with Crippen molar-refractivity contribution in [2.75, 3.05) is 6.61 Å². The van der Waals surface area contributed by atoms with Crippen molar-refractivity contribution in [3.8, 4) is 5.88 Å². The van der Waals surface area contributed by atoms with Crippen molar-refractivity contribution in [3.63, 3.8) is 0 Å². The van der Waals surface area contributed by atoms with E-state index in [2.05, 4.69) is 9.84 Å². The first-order valence-corrected chi connectivity index (χ1v) is 5.29. The first-order chi connectivity index (χ1) is 8.43. The van der Waals surface area contributed by atoms with Gasteiger partial charge in [-0.2, -0.15) is 31.4 Å². The summed E-state index contributed by atoms with van der Waals surface area (Å²) in [7, 11) is 0. The van der Waals surface area contributed by atoms with Crippen molar-refractivity contribution in [3.05, 3.63) is 11.3 Å². The Bertz CT molecular complexity index is 446. The summed E-state index contributed by atoms with van der Waals surface area (Å²) in [6.45, 7) is 2.35. The minimum Gasteiger partial charge on any atom is -0.468 e. The van der Waals surface area contributed by atoms with Gasteiger partial charge in [0.1, 0.15) is 0 Å². The average Bonchev–Trinajstić information content (AvgIpc) is 2.50. The Morgan fingerprint density at radius 3 is 2.05 bits per heavy atom. The Hall–Kier alpha value is -1.41. The zero-order chi connectivity index (χ0) is 15.0. The van der Waals surface area contributed by atoms with E-state index in [1.165, 1.54) is 13.8 Å². The second kappa shape index (κ2) is 4.93. The summed E-state index contributed by atoms with van der Waals surface area (Å²) < 4.78 is 79.3. The van der Waals surface area contributed by atoms with E-state index in [-0.39, 0.29) is 0 Å². The number of halogens is 6. The molecular formula is C10H12F6N2O. The smallest absolute Gasteiger partial charge is 0.435 e. The predicted octanol–water partition coefficient (Wildman–Crippen LogP) is 3.73. The predicted molar refractivity (Wildman–Crippen MR) is 53.9 cm³/mol. The molecule has 0 aromatic carbocycles. The molecule has 0 amide bonds. The van der Waals surface area contributed by atoms with E-state index < -0.39 is 42.1 Å². The number of ether oxygens (including phenoxy) is 1. The third kappa shape index (κ3) is 3.77. The van der Waals surface area contributed by atoms with Gasteiger partial charge in [0, 0.05) is 5.56 Å². The molecule has 1 aromatic rings. The van der Waals surface area contributed by atoms with Gasteiger partial charge in [0.25, 0.3) is 0 Å². The van der Waals surface area contributed by atoms with Gasteiger partial charge in [0.2, 0.25) is 5.88 Å². The SMILES string of the molecule is Cc1c(C(F)(F)F)nn(C(C)C)c1OCC(F)(F)F. The molecule has 0 unspecified atom stereocenters. The van der Waals surface area contributed by atoms with Gasteiger partial charge < -0.3 is 4.74 Å². The molecule has 1 rings (SSSR count). The molecule has 0 fully saturated rings. The van der Waals surface area contributed by atoms with E-state index in [9.17, 15) is 26.3 Å². The van der Waals surface area contributed by atoms with Crippen molar-refractivity contribution in [2.24, 2.45) is 0 Å². The molecule has 1 heterocycles. The van der Waals surface area contributed by atoms with E-state index in [0.29, 0.717) is 0 Å². The van der Waals surface area contributed by atoms with Crippen molar-refractivity contribution in [2.45, 2.75) is 39.2 Å². The van der Waals surface area contributed by atoms with Crippen molar-refractivity contribution in [1.82, 2.24) is 9.78 Å². The summed E-state index contributed by atoms with van der Waals surface area (Å²) >= 11 is 0. The van der Waals surface area contributed by atoms with Crippen molar-refractivity contribution in [1.29, 1.82) is 0 Å². The second-order valence-corrected chi connectivity index (χ2v) is 4.22. The number of nitrogens with zero attached hydrogens (tertiary/aromatic N) is 2. The van der Waals surface area contributed by atoms with Crippen molar-refractivity contribution < 1.29 is 31.1 Å². The number of hydrogen-bond donors (Lipinski definition) is 0. The second-order valence-electron chi connectivity index (χ2n) is 4.22. The lowest BCUT2D eigenvalue weighted by Gasteiger charge is -2.13. The van der Waals surface area contributed by atoms with Crippen LogP contribution in [0.5, 0.6) is 5.88 Å². The Morgan fingerprint density at radius 1 is 1.16 bits per heavy atom. The molecular weight excluding hydrogens is 278 g/mol. The van der Waals surface area contributed by atoms with Crippen LogP contribution in [0.25, 0.3) is 0 Å². The zero-order valence-electron chi connectivity index (χ0n) is 10.4. The molecule has 0 spiro atoms. The largest absolute Gasteiger partial charge is 0.468 e. The van der Waals surface area contributed by atoms with Crippen LogP contribution in [-0.2, 0) is 6.18 Å². The Labute approximate surface area is 105 Å². The van der Waals surface area contributed by atoms with Crippen LogP contribution in [-0.4, -0.2) is 22.6 Å². The highest BCUT2D eigenvalue weighted by Gasteiger charge is 2.39. The maximum Gasteiger partial charge on any atom is 0.435 e. The molecule has 0 aliphatic carbocycles. The van der Waals surface area contributed by atoms with E-state index in [1.807, 2.05) is 0 Å². The lowest BCUT2D eigenvalue weighted by molar-refractivity contribution is -0.154. The first-order valence-electron chi connectivity index (χ1n) is 5.29. The molecule has 3 nitrogen and oxygen atoms in total. The fourth-order valence-electron chi connectivity index (χ4n) is 1.45. The summed E-state index contributed by atoms with van der Waals surface area (Å²) in [5, 5.41) is 3.28. The van der Waals surface area contributed by atoms with Crippen LogP contribution in [0.4, 0.5) is 26.3 Å². The summed E-state index contributed by atoms with van der Waals surface area (Å²) in [5.74, 6) is -0.514. The lowest BCUT2D eigenvalue weighted by atomic mass is 10.2. The summed E-state index contributed by atoms with van der Waals surface area (Å²) in [5.41, 5.74) is -1.69. The average molecular weight is 290 g/mol. The molecule has 0 aliphatic rings. The van der Waals surface area contributed by atoms with Crippen LogP contribution >= 0.6 is 0 Å². The van der Waals surface area contributed by atoms with Gasteiger partial charge in [0.05, 0.1) is 6.04 Å². The molecule has 0 bridgehead atoms. The summed E-state index contributed by atoms with van der Waals surface area (Å²) in [4.78, 5) is 0. The highest BCUT2D eigenvalue weighted by Crippen LogP contribution is 2.36. The number of rotatable bonds is 3. The fourth-order valence-corrected chi connectivity index (χ4v) is 1.45. The van der Waals surface area contributed by atoms with Gasteiger partial charge >= 0.3 is 12.4 Å². The maximum absolute atomic E-state index is 12.6. The minimum absolute atomic E-state index is 0.453. The molecule has 0 saturated carbocycles. The number of hydrogen-bond acceptors (Lipinski definition) is 2. The molecule has 9 heteroatoms. The molecule has 0 aliphatic heterocycles. The minimum atomic E-state index is -4.74. The quantitative estimate of drug-likeness (QED) is 0.793. The monoisotopic (exact) mass is 290 g/mol. The highest BCUT2D eigenvalue weighted by atomic mass is 19.4. The fraction of sp³-hybridized carbons (Fsp3) is 0.700. The van der Waals surface area contributed by atoms with Crippen LogP contribution in [0.15, 0.2) is 0 Å². The summed E-state index contributed by atoms with van der Waals surface area (Å²) in [6.07, 6.45) is -9.36. The Balaban J connectivity index is 3.18. The van der Waals surface area contributed by atoms with Gasteiger partial charge in [-0.25, -0.2) is 4.68 Å². The standard InChI is InChI=1S/C10H12F6N2O/c1-5(2)18-8(19-4-9(11,12)13)6(3)7(17-18)10(14,15)16/h5H,4H2,1-3H3. The zero-order valence-corrected chi connectivity index (χ0v) is 10.4. The molecule has 19 heavy (non-hydrogen) atoms.